The second-order valence-corrected chi connectivity index (χ2v) is 3.02. The maximum absolute atomic E-state index is 13.1. The van der Waals surface area contributed by atoms with Crippen LogP contribution in [-0.4, -0.2) is 10.1 Å². The van der Waals surface area contributed by atoms with E-state index in [2.05, 4.69) is 4.98 Å². The van der Waals surface area contributed by atoms with E-state index in [0.29, 0.717) is 11.3 Å². The molecule has 1 aromatic rings. The van der Waals surface area contributed by atoms with Gasteiger partial charge in [0.05, 0.1) is 12.3 Å². The molecule has 0 bridgehead atoms. The fourth-order valence-electron chi connectivity index (χ4n) is 0.999. The molecule has 0 aromatic carbocycles. The quantitative estimate of drug-likeness (QED) is 0.732. The molecule has 0 saturated carbocycles. The Kier molecular flexibility index (Phi) is 2.76. The largest absolute Gasteiger partial charge is 0.392 e. The summed E-state index contributed by atoms with van der Waals surface area (Å²) in [6.45, 7) is 3.59. The molecule has 0 unspecified atom stereocenters. The zero-order valence-corrected chi connectivity index (χ0v) is 7.21. The van der Waals surface area contributed by atoms with Crippen molar-refractivity contribution in [3.63, 3.8) is 0 Å². The average Bonchev–Trinajstić information content (AvgIpc) is 2.03. The topological polar surface area (TPSA) is 33.1 Å². The highest BCUT2D eigenvalue weighted by atomic mass is 19.1. The molecule has 66 valence electrons. The van der Waals surface area contributed by atoms with Crippen LogP contribution in [0.2, 0.25) is 0 Å². The van der Waals surface area contributed by atoms with Gasteiger partial charge in [-0.15, -0.1) is 0 Å². The van der Waals surface area contributed by atoms with Gasteiger partial charge in [0, 0.05) is 6.20 Å². The summed E-state index contributed by atoms with van der Waals surface area (Å²) >= 11 is 0. The Morgan fingerprint density at radius 3 is 2.67 bits per heavy atom. The van der Waals surface area contributed by atoms with Crippen molar-refractivity contribution in [2.45, 2.75) is 26.4 Å². The summed E-state index contributed by atoms with van der Waals surface area (Å²) in [7, 11) is 0. The normalized spacial score (nSPS) is 10.8. The molecule has 0 fully saturated rings. The zero-order valence-electron chi connectivity index (χ0n) is 7.21. The molecule has 0 saturated heterocycles. The molecule has 1 rings (SSSR count). The first kappa shape index (κ1) is 9.13. The van der Waals surface area contributed by atoms with Gasteiger partial charge in [0.15, 0.2) is 0 Å². The predicted molar refractivity (Wildman–Crippen MR) is 44.2 cm³/mol. The Hall–Kier alpha value is -0.960. The number of nitrogens with zero attached hydrogens (tertiary/aromatic N) is 1. The highest BCUT2D eigenvalue weighted by Gasteiger charge is 2.07. The fourth-order valence-corrected chi connectivity index (χ4v) is 0.999. The van der Waals surface area contributed by atoms with Crippen molar-refractivity contribution in [3.05, 3.63) is 29.3 Å². The summed E-state index contributed by atoms with van der Waals surface area (Å²) in [5.74, 6) is -0.255. The molecule has 0 spiro atoms. The molecule has 0 atom stereocenters. The van der Waals surface area contributed by atoms with Gasteiger partial charge in [-0.1, -0.05) is 13.8 Å². The molecular formula is C9H12FNO. The smallest absolute Gasteiger partial charge is 0.145 e. The first-order chi connectivity index (χ1) is 5.65. The molecule has 0 amide bonds. The number of aromatic nitrogens is 1. The van der Waals surface area contributed by atoms with E-state index >= 15 is 0 Å². The second kappa shape index (κ2) is 3.63. The van der Waals surface area contributed by atoms with Crippen LogP contribution in [0, 0.1) is 5.82 Å². The van der Waals surface area contributed by atoms with E-state index in [-0.39, 0.29) is 18.3 Å². The number of hydrogen-bond donors (Lipinski definition) is 1. The Balaban J connectivity index is 3.03. The molecular weight excluding hydrogens is 157 g/mol. The maximum Gasteiger partial charge on any atom is 0.145 e. The van der Waals surface area contributed by atoms with Crippen molar-refractivity contribution >= 4 is 0 Å². The lowest BCUT2D eigenvalue weighted by Crippen LogP contribution is -1.99. The van der Waals surface area contributed by atoms with Crippen LogP contribution < -0.4 is 0 Å². The molecule has 0 aliphatic heterocycles. The molecule has 2 nitrogen and oxygen atoms in total. The van der Waals surface area contributed by atoms with Crippen molar-refractivity contribution in [2.24, 2.45) is 0 Å². The van der Waals surface area contributed by atoms with E-state index in [0.717, 1.165) is 0 Å². The van der Waals surface area contributed by atoms with Gasteiger partial charge in [0.2, 0.25) is 0 Å². The van der Waals surface area contributed by atoms with Gasteiger partial charge in [0.25, 0.3) is 0 Å². The Morgan fingerprint density at radius 2 is 2.25 bits per heavy atom. The van der Waals surface area contributed by atoms with Crippen LogP contribution in [0.5, 0.6) is 0 Å². The van der Waals surface area contributed by atoms with Crippen molar-refractivity contribution < 1.29 is 9.50 Å². The molecule has 0 aliphatic rings. The Labute approximate surface area is 71.1 Å². The van der Waals surface area contributed by atoms with Crippen LogP contribution in [0.3, 0.4) is 0 Å². The monoisotopic (exact) mass is 169 g/mol. The van der Waals surface area contributed by atoms with Gasteiger partial charge in [-0.25, -0.2) is 4.39 Å². The summed E-state index contributed by atoms with van der Waals surface area (Å²) in [6.07, 6.45) is 1.50. The highest BCUT2D eigenvalue weighted by molar-refractivity contribution is 5.17. The lowest BCUT2D eigenvalue weighted by Gasteiger charge is -2.05. The Bertz CT molecular complexity index is 273. The summed E-state index contributed by atoms with van der Waals surface area (Å²) < 4.78 is 13.1. The lowest BCUT2D eigenvalue weighted by atomic mass is 10.1. The van der Waals surface area contributed by atoms with Gasteiger partial charge in [-0.05, 0) is 17.5 Å². The van der Waals surface area contributed by atoms with Crippen LogP contribution >= 0.6 is 0 Å². The van der Waals surface area contributed by atoms with Gasteiger partial charge >= 0.3 is 0 Å². The molecule has 1 N–H and O–H groups in total. The van der Waals surface area contributed by atoms with Crippen molar-refractivity contribution in [1.29, 1.82) is 0 Å². The minimum atomic E-state index is -0.337. The van der Waals surface area contributed by atoms with Crippen LogP contribution in [0.1, 0.15) is 31.0 Å². The minimum absolute atomic E-state index is 0.0812. The van der Waals surface area contributed by atoms with Gasteiger partial charge in [-0.3, -0.25) is 4.98 Å². The predicted octanol–water partition coefficient (Wildman–Crippen LogP) is 1.84. The molecule has 3 heteroatoms. The third-order valence-electron chi connectivity index (χ3n) is 1.66. The summed E-state index contributed by atoms with van der Waals surface area (Å²) in [6, 6.07) is 1.32. The molecule has 0 aliphatic carbocycles. The fraction of sp³-hybridized carbons (Fsp3) is 0.444. The van der Waals surface area contributed by atoms with E-state index in [1.165, 1.54) is 12.3 Å². The third-order valence-corrected chi connectivity index (χ3v) is 1.66. The number of rotatable bonds is 2. The number of aliphatic hydroxyl groups excluding tert-OH is 1. The van der Waals surface area contributed by atoms with Crippen molar-refractivity contribution in [2.75, 3.05) is 0 Å². The van der Waals surface area contributed by atoms with Crippen LogP contribution in [0.4, 0.5) is 4.39 Å². The summed E-state index contributed by atoms with van der Waals surface area (Å²) in [5.41, 5.74) is 0.962. The van der Waals surface area contributed by atoms with Gasteiger partial charge in [-0.2, -0.15) is 0 Å². The Morgan fingerprint density at radius 1 is 1.58 bits per heavy atom. The molecule has 1 heterocycles. The molecule has 1 aromatic heterocycles. The minimum Gasteiger partial charge on any atom is -0.392 e. The second-order valence-electron chi connectivity index (χ2n) is 3.02. The van der Waals surface area contributed by atoms with E-state index in [1.54, 1.807) is 0 Å². The summed E-state index contributed by atoms with van der Waals surface area (Å²) in [5, 5.41) is 8.68. The zero-order chi connectivity index (χ0) is 9.14. The number of pyridine rings is 1. The first-order valence-electron chi connectivity index (χ1n) is 3.90. The number of halogens is 1. The average molecular weight is 169 g/mol. The van der Waals surface area contributed by atoms with Crippen LogP contribution in [-0.2, 0) is 6.61 Å². The maximum atomic E-state index is 13.1. The standard InChI is InChI=1S/C9H12FNO/c1-6(2)9-8(10)3-7(5-12)4-11-9/h3-4,6,12H,5H2,1-2H3. The van der Waals surface area contributed by atoms with Gasteiger partial charge < -0.3 is 5.11 Å². The summed E-state index contributed by atoms with van der Waals surface area (Å²) in [4.78, 5) is 3.91. The molecule has 12 heavy (non-hydrogen) atoms. The van der Waals surface area contributed by atoms with Crippen LogP contribution in [0.25, 0.3) is 0 Å². The van der Waals surface area contributed by atoms with Crippen molar-refractivity contribution in [3.8, 4) is 0 Å². The first-order valence-corrected chi connectivity index (χ1v) is 3.90. The van der Waals surface area contributed by atoms with Crippen LogP contribution in [0.15, 0.2) is 12.3 Å². The van der Waals surface area contributed by atoms with Crippen molar-refractivity contribution in [1.82, 2.24) is 4.98 Å². The van der Waals surface area contributed by atoms with Gasteiger partial charge in [0.1, 0.15) is 5.82 Å². The number of hydrogen-bond acceptors (Lipinski definition) is 2. The van der Waals surface area contributed by atoms with E-state index in [4.69, 9.17) is 5.11 Å². The highest BCUT2D eigenvalue weighted by Crippen LogP contribution is 2.16. The number of aliphatic hydroxyl groups is 1. The van der Waals surface area contributed by atoms with E-state index in [1.807, 2.05) is 13.8 Å². The van der Waals surface area contributed by atoms with E-state index in [9.17, 15) is 4.39 Å². The third kappa shape index (κ3) is 1.80. The molecule has 0 radical (unpaired) electrons. The lowest BCUT2D eigenvalue weighted by molar-refractivity contribution is 0.280. The SMILES string of the molecule is CC(C)c1ncc(CO)cc1F. The van der Waals surface area contributed by atoms with E-state index < -0.39 is 0 Å².